The van der Waals surface area contributed by atoms with Crippen molar-refractivity contribution in [1.82, 2.24) is 9.62 Å². The van der Waals surface area contributed by atoms with Crippen LogP contribution in [0.2, 0.25) is 10.0 Å². The first-order valence-electron chi connectivity index (χ1n) is 9.57. The van der Waals surface area contributed by atoms with Crippen LogP contribution in [-0.4, -0.2) is 44.4 Å². The van der Waals surface area contributed by atoms with Crippen LogP contribution in [0.15, 0.2) is 53.4 Å². The molecule has 9 heteroatoms. The minimum Gasteiger partial charge on any atom is -0.379 e. The number of hydrogen-bond acceptors (Lipinski definition) is 4. The molecule has 0 aliphatic carbocycles. The van der Waals surface area contributed by atoms with Gasteiger partial charge >= 0.3 is 0 Å². The SMILES string of the molecule is CC(C)OCCCNC(=O)CN(Cc1ccc(Cl)c(Cl)c1)S(=O)(=O)c1ccccc1. The third-order valence-electron chi connectivity index (χ3n) is 4.14. The fourth-order valence-corrected chi connectivity index (χ4v) is 4.37. The van der Waals surface area contributed by atoms with Crippen LogP contribution < -0.4 is 5.32 Å². The molecular weight excluding hydrogens is 447 g/mol. The Morgan fingerprint density at radius 2 is 1.80 bits per heavy atom. The summed E-state index contributed by atoms with van der Waals surface area (Å²) in [6.45, 7) is 4.47. The average molecular weight is 473 g/mol. The molecule has 0 radical (unpaired) electrons. The molecule has 0 unspecified atom stereocenters. The number of sulfonamides is 1. The van der Waals surface area contributed by atoms with Crippen LogP contribution in [0.1, 0.15) is 25.8 Å². The number of nitrogens with one attached hydrogen (secondary N) is 1. The molecule has 1 N–H and O–H groups in total. The van der Waals surface area contributed by atoms with Crippen molar-refractivity contribution >= 4 is 39.1 Å². The van der Waals surface area contributed by atoms with Crippen molar-refractivity contribution in [3.05, 3.63) is 64.1 Å². The average Bonchev–Trinajstić information content (AvgIpc) is 2.70. The lowest BCUT2D eigenvalue weighted by Gasteiger charge is -2.22. The van der Waals surface area contributed by atoms with Gasteiger partial charge < -0.3 is 10.1 Å². The summed E-state index contributed by atoms with van der Waals surface area (Å²) in [6.07, 6.45) is 0.765. The first kappa shape index (κ1) is 24.6. The van der Waals surface area contributed by atoms with E-state index in [1.807, 2.05) is 13.8 Å². The van der Waals surface area contributed by atoms with Gasteiger partial charge in [0.1, 0.15) is 0 Å². The highest BCUT2D eigenvalue weighted by atomic mass is 35.5. The van der Waals surface area contributed by atoms with E-state index in [4.69, 9.17) is 27.9 Å². The Balaban J connectivity index is 2.13. The van der Waals surface area contributed by atoms with Crippen molar-refractivity contribution < 1.29 is 17.9 Å². The van der Waals surface area contributed by atoms with Crippen LogP contribution in [0.4, 0.5) is 0 Å². The zero-order chi connectivity index (χ0) is 22.1. The maximum atomic E-state index is 13.1. The van der Waals surface area contributed by atoms with Crippen LogP contribution in [0.25, 0.3) is 0 Å². The fourth-order valence-electron chi connectivity index (χ4n) is 2.64. The zero-order valence-corrected chi connectivity index (χ0v) is 19.3. The molecule has 0 bridgehead atoms. The highest BCUT2D eigenvalue weighted by Gasteiger charge is 2.27. The van der Waals surface area contributed by atoms with Gasteiger partial charge in [-0.3, -0.25) is 4.79 Å². The summed E-state index contributed by atoms with van der Waals surface area (Å²) >= 11 is 12.0. The molecule has 164 valence electrons. The number of ether oxygens (including phenoxy) is 1. The molecule has 0 atom stereocenters. The van der Waals surface area contributed by atoms with Crippen molar-refractivity contribution in [2.45, 2.75) is 37.8 Å². The molecule has 0 heterocycles. The van der Waals surface area contributed by atoms with Gasteiger partial charge in [-0.2, -0.15) is 4.31 Å². The largest absolute Gasteiger partial charge is 0.379 e. The van der Waals surface area contributed by atoms with Gasteiger partial charge in [0.2, 0.25) is 15.9 Å². The molecule has 0 saturated carbocycles. The number of halogens is 2. The lowest BCUT2D eigenvalue weighted by atomic mass is 10.2. The number of amides is 1. The summed E-state index contributed by atoms with van der Waals surface area (Å²) in [7, 11) is -3.89. The van der Waals surface area contributed by atoms with Gasteiger partial charge in [-0.25, -0.2) is 8.42 Å². The van der Waals surface area contributed by atoms with Gasteiger partial charge in [-0.15, -0.1) is 0 Å². The number of carbonyl (C=O) groups excluding carboxylic acids is 1. The van der Waals surface area contributed by atoms with Crippen LogP contribution in [0, 0.1) is 0 Å². The number of carbonyl (C=O) groups is 1. The topological polar surface area (TPSA) is 75.7 Å². The van der Waals surface area contributed by atoms with E-state index in [1.165, 1.54) is 12.1 Å². The first-order chi connectivity index (χ1) is 14.2. The predicted molar refractivity (Wildman–Crippen MR) is 119 cm³/mol. The van der Waals surface area contributed by atoms with E-state index in [2.05, 4.69) is 5.32 Å². The smallest absolute Gasteiger partial charge is 0.243 e. The third kappa shape index (κ3) is 7.56. The minimum absolute atomic E-state index is 0.0159. The number of hydrogen-bond donors (Lipinski definition) is 1. The second kappa shape index (κ2) is 11.7. The quantitative estimate of drug-likeness (QED) is 0.499. The molecule has 0 aliphatic heterocycles. The van der Waals surface area contributed by atoms with Crippen LogP contribution in [0.5, 0.6) is 0 Å². The van der Waals surface area contributed by atoms with E-state index in [-0.39, 0.29) is 30.0 Å². The maximum absolute atomic E-state index is 13.1. The summed E-state index contributed by atoms with van der Waals surface area (Å²) in [5, 5.41) is 3.44. The van der Waals surface area contributed by atoms with E-state index in [0.29, 0.717) is 35.2 Å². The van der Waals surface area contributed by atoms with E-state index in [1.54, 1.807) is 36.4 Å². The molecule has 0 aliphatic rings. The molecule has 6 nitrogen and oxygen atoms in total. The van der Waals surface area contributed by atoms with Crippen molar-refractivity contribution in [2.75, 3.05) is 19.7 Å². The zero-order valence-electron chi connectivity index (χ0n) is 17.0. The van der Waals surface area contributed by atoms with Crippen molar-refractivity contribution in [1.29, 1.82) is 0 Å². The summed E-state index contributed by atoms with van der Waals surface area (Å²) in [5.41, 5.74) is 0.627. The molecule has 2 aromatic rings. The van der Waals surface area contributed by atoms with Gasteiger partial charge in [0.05, 0.1) is 27.6 Å². The Morgan fingerprint density at radius 1 is 1.10 bits per heavy atom. The fraction of sp³-hybridized carbons (Fsp3) is 0.381. The molecular formula is C21H26Cl2N2O4S. The van der Waals surface area contributed by atoms with Gasteiger partial charge in [0.25, 0.3) is 0 Å². The standard InChI is InChI=1S/C21H26Cl2N2O4S/c1-16(2)29-12-6-11-24-21(26)15-25(14-17-9-10-19(22)20(23)13-17)30(27,28)18-7-4-3-5-8-18/h3-5,7-10,13,16H,6,11-12,14-15H2,1-2H3,(H,24,26). The highest BCUT2D eigenvalue weighted by Crippen LogP contribution is 2.25. The molecule has 2 rings (SSSR count). The van der Waals surface area contributed by atoms with E-state index < -0.39 is 10.0 Å². The van der Waals surface area contributed by atoms with Gasteiger partial charge in [-0.1, -0.05) is 47.5 Å². The predicted octanol–water partition coefficient (Wildman–Crippen LogP) is 4.12. The molecule has 0 saturated heterocycles. The Morgan fingerprint density at radius 3 is 2.43 bits per heavy atom. The molecule has 30 heavy (non-hydrogen) atoms. The lowest BCUT2D eigenvalue weighted by molar-refractivity contribution is -0.121. The monoisotopic (exact) mass is 472 g/mol. The number of nitrogens with zero attached hydrogens (tertiary/aromatic N) is 1. The summed E-state index contributed by atoms with van der Waals surface area (Å²) in [4.78, 5) is 12.5. The van der Waals surface area contributed by atoms with Crippen LogP contribution in [0.3, 0.4) is 0 Å². The molecule has 2 aromatic carbocycles. The maximum Gasteiger partial charge on any atom is 0.243 e. The van der Waals surface area contributed by atoms with Gasteiger partial charge in [0, 0.05) is 19.7 Å². The minimum atomic E-state index is -3.89. The Labute approximate surface area is 188 Å². The van der Waals surface area contributed by atoms with Crippen LogP contribution in [-0.2, 0) is 26.1 Å². The van der Waals surface area contributed by atoms with E-state index in [0.717, 1.165) is 4.31 Å². The van der Waals surface area contributed by atoms with Crippen LogP contribution >= 0.6 is 23.2 Å². The molecule has 0 spiro atoms. The van der Waals surface area contributed by atoms with E-state index in [9.17, 15) is 13.2 Å². The lowest BCUT2D eigenvalue weighted by Crippen LogP contribution is -2.40. The Hall–Kier alpha value is -1.64. The molecule has 1 amide bonds. The van der Waals surface area contributed by atoms with Gasteiger partial charge in [0.15, 0.2) is 0 Å². The highest BCUT2D eigenvalue weighted by molar-refractivity contribution is 7.89. The molecule has 0 aromatic heterocycles. The third-order valence-corrected chi connectivity index (χ3v) is 6.68. The van der Waals surface area contributed by atoms with Gasteiger partial charge in [-0.05, 0) is 50.1 Å². The summed E-state index contributed by atoms with van der Waals surface area (Å²) in [5.74, 6) is -0.390. The van der Waals surface area contributed by atoms with E-state index >= 15 is 0 Å². The van der Waals surface area contributed by atoms with Crippen molar-refractivity contribution in [2.24, 2.45) is 0 Å². The second-order valence-corrected chi connectivity index (χ2v) is 9.71. The van der Waals surface area contributed by atoms with Crippen molar-refractivity contribution in [3.8, 4) is 0 Å². The Bertz CT molecular complexity index is 937. The Kier molecular flexibility index (Phi) is 9.58. The summed E-state index contributed by atoms with van der Waals surface area (Å²) < 4.78 is 32.8. The first-order valence-corrected chi connectivity index (χ1v) is 11.8. The second-order valence-electron chi connectivity index (χ2n) is 6.96. The molecule has 0 fully saturated rings. The summed E-state index contributed by atoms with van der Waals surface area (Å²) in [6, 6.07) is 12.9. The van der Waals surface area contributed by atoms with Crippen molar-refractivity contribution in [3.63, 3.8) is 0 Å². The normalized spacial score (nSPS) is 11.8. The number of benzene rings is 2. The number of rotatable bonds is 11.